The zero-order valence-corrected chi connectivity index (χ0v) is 17.9. The van der Waals surface area contributed by atoms with Gasteiger partial charge >= 0.3 is 0 Å². The van der Waals surface area contributed by atoms with E-state index >= 15 is 0 Å². The molecule has 2 aliphatic rings. The predicted molar refractivity (Wildman–Crippen MR) is 114 cm³/mol. The van der Waals surface area contributed by atoms with Crippen LogP contribution in [-0.2, 0) is 4.79 Å². The van der Waals surface area contributed by atoms with Crippen molar-refractivity contribution in [1.29, 1.82) is 0 Å². The maximum Gasteiger partial charge on any atom is 0.270 e. The van der Waals surface area contributed by atoms with E-state index in [-0.39, 0.29) is 30.5 Å². The van der Waals surface area contributed by atoms with E-state index in [1.165, 1.54) is 11.9 Å². The number of likely N-dealkylation sites (tertiary alicyclic amines) is 1. The summed E-state index contributed by atoms with van der Waals surface area (Å²) in [5.74, 6) is 4.64. The maximum absolute atomic E-state index is 12.5. The molecule has 0 unspecified atom stereocenters. The van der Waals surface area contributed by atoms with Crippen molar-refractivity contribution in [3.63, 3.8) is 0 Å². The van der Waals surface area contributed by atoms with Crippen molar-refractivity contribution in [2.45, 2.75) is 25.0 Å². The molecule has 0 saturated carbocycles. The third-order valence-corrected chi connectivity index (χ3v) is 5.65. The van der Waals surface area contributed by atoms with Gasteiger partial charge in [-0.15, -0.1) is 0 Å². The van der Waals surface area contributed by atoms with Crippen LogP contribution in [0, 0.1) is 11.8 Å². The van der Waals surface area contributed by atoms with E-state index in [9.17, 15) is 19.5 Å². The minimum Gasteiger partial charge on any atom is -0.491 e. The van der Waals surface area contributed by atoms with Gasteiger partial charge in [0.25, 0.3) is 17.7 Å². The lowest BCUT2D eigenvalue weighted by Gasteiger charge is -2.15. The number of hydrogen-bond donors (Lipinski definition) is 3. The number of rotatable bonds is 2. The van der Waals surface area contributed by atoms with Gasteiger partial charge in [0.1, 0.15) is 23.9 Å². The quantitative estimate of drug-likeness (QED) is 0.561. The van der Waals surface area contributed by atoms with Crippen LogP contribution in [0.4, 0.5) is 0 Å². The number of carbonyl (C=O) groups excluding carboxylic acids is 3. The Hall–Kier alpha value is -3.84. The molecule has 4 rings (SSSR count). The Kier molecular flexibility index (Phi) is 5.14. The van der Waals surface area contributed by atoms with Crippen LogP contribution in [0.15, 0.2) is 18.2 Å². The van der Waals surface area contributed by atoms with Gasteiger partial charge in [-0.2, -0.15) is 0 Å². The molecule has 3 heterocycles. The largest absolute Gasteiger partial charge is 0.491 e. The van der Waals surface area contributed by atoms with Crippen molar-refractivity contribution in [3.8, 4) is 29.0 Å². The third kappa shape index (κ3) is 3.36. The van der Waals surface area contributed by atoms with E-state index in [0.29, 0.717) is 29.2 Å². The molecular weight excluding hydrogens is 414 g/mol. The summed E-state index contributed by atoms with van der Waals surface area (Å²) in [6.45, 7) is 2.51. The van der Waals surface area contributed by atoms with Crippen molar-refractivity contribution in [2.24, 2.45) is 5.73 Å². The molecule has 0 aliphatic carbocycles. The summed E-state index contributed by atoms with van der Waals surface area (Å²) in [5.41, 5.74) is 4.72. The highest BCUT2D eigenvalue weighted by Gasteiger charge is 2.42. The first kappa shape index (κ1) is 21.4. The van der Waals surface area contributed by atoms with Crippen LogP contribution >= 0.6 is 0 Å². The predicted octanol–water partition coefficient (Wildman–Crippen LogP) is -0.0933. The van der Waals surface area contributed by atoms with Crippen molar-refractivity contribution in [3.05, 3.63) is 35.2 Å². The summed E-state index contributed by atoms with van der Waals surface area (Å²) in [7, 11) is 3.07. The molecule has 4 N–H and O–H groups in total. The van der Waals surface area contributed by atoms with Gasteiger partial charge in [-0.05, 0) is 25.1 Å². The van der Waals surface area contributed by atoms with Crippen LogP contribution < -0.4 is 15.8 Å². The van der Waals surface area contributed by atoms with Crippen LogP contribution in [0.25, 0.3) is 11.4 Å². The van der Waals surface area contributed by atoms with Crippen molar-refractivity contribution < 1.29 is 24.2 Å². The Labute approximate surface area is 184 Å². The van der Waals surface area contributed by atoms with Gasteiger partial charge in [-0.3, -0.25) is 14.4 Å². The lowest BCUT2D eigenvalue weighted by atomic mass is 10.0. The van der Waals surface area contributed by atoms with Gasteiger partial charge in [0.15, 0.2) is 5.69 Å². The molecule has 1 aromatic carbocycles. The fraction of sp³-hybridized carbons (Fsp3) is 0.364. The Morgan fingerprint density at radius 2 is 2.16 bits per heavy atom. The van der Waals surface area contributed by atoms with E-state index < -0.39 is 23.3 Å². The number of amides is 3. The molecule has 0 spiro atoms. The lowest BCUT2D eigenvalue weighted by molar-refractivity contribution is -0.137. The fourth-order valence-electron chi connectivity index (χ4n) is 3.90. The molecule has 1 fully saturated rings. The number of fused-ring (bicyclic) bond motifs is 3. The van der Waals surface area contributed by atoms with E-state index in [4.69, 9.17) is 10.5 Å². The summed E-state index contributed by atoms with van der Waals surface area (Å²) in [5, 5.41) is 13.1. The maximum atomic E-state index is 12.5. The normalized spacial score (nSPS) is 21.6. The molecule has 0 bridgehead atoms. The molecule has 2 aliphatic heterocycles. The molecule has 2 atom stereocenters. The number of imidazole rings is 1. The molecule has 166 valence electrons. The first-order valence-corrected chi connectivity index (χ1v) is 10.1. The Morgan fingerprint density at radius 3 is 2.78 bits per heavy atom. The molecule has 10 heteroatoms. The number of aromatic nitrogens is 2. The monoisotopic (exact) mass is 437 g/mol. The summed E-state index contributed by atoms with van der Waals surface area (Å²) in [6, 6.07) is 4.78. The Balaban J connectivity index is 1.85. The number of nitrogens with one attached hydrogen (secondary N) is 1. The van der Waals surface area contributed by atoms with E-state index in [0.717, 1.165) is 0 Å². The molecular formula is C22H23N5O5. The van der Waals surface area contributed by atoms with Crippen molar-refractivity contribution in [2.75, 3.05) is 27.2 Å². The number of likely N-dealkylation sites (N-methyl/N-ethyl adjacent to an activating group) is 1. The van der Waals surface area contributed by atoms with Crippen molar-refractivity contribution >= 4 is 17.7 Å². The van der Waals surface area contributed by atoms with Crippen LogP contribution in [0.3, 0.4) is 0 Å². The van der Waals surface area contributed by atoms with Gasteiger partial charge in [-0.1, -0.05) is 11.8 Å². The zero-order chi connectivity index (χ0) is 23.2. The highest BCUT2D eigenvalue weighted by atomic mass is 16.5. The molecule has 0 radical (unpaired) electrons. The van der Waals surface area contributed by atoms with E-state index in [1.807, 2.05) is 6.92 Å². The van der Waals surface area contributed by atoms with Gasteiger partial charge < -0.3 is 30.4 Å². The molecule has 32 heavy (non-hydrogen) atoms. The summed E-state index contributed by atoms with van der Waals surface area (Å²) < 4.78 is 7.52. The SMILES string of the molecule is CNC(=O)c1c(C(N)=O)nc2n1[C@H](C)COc1ccc(C#C[C@]3(O)CCN(C)C3=O)cc1-2. The van der Waals surface area contributed by atoms with Crippen LogP contribution in [0.5, 0.6) is 5.75 Å². The number of primary amides is 1. The van der Waals surface area contributed by atoms with Gasteiger partial charge in [0.05, 0.1) is 11.6 Å². The molecule has 2 aromatic rings. The standard InChI is InChI=1S/C22H23N5O5/c1-12-11-32-15-5-4-13(6-7-22(31)8-9-26(3)21(22)30)10-14(15)19-25-16(18(23)28)17(27(12)19)20(29)24-2/h4-5,10,12,31H,8-9,11H2,1-3H3,(H2,23,28)(H,24,29)/t12-,22+/m1/s1. The van der Waals surface area contributed by atoms with Gasteiger partial charge in [0, 0.05) is 32.6 Å². The summed E-state index contributed by atoms with van der Waals surface area (Å²) >= 11 is 0. The molecule has 1 aromatic heterocycles. The van der Waals surface area contributed by atoms with Crippen molar-refractivity contribution in [1.82, 2.24) is 19.8 Å². The molecule has 1 saturated heterocycles. The highest BCUT2D eigenvalue weighted by molar-refractivity contribution is 6.05. The summed E-state index contributed by atoms with van der Waals surface area (Å²) in [6.07, 6.45) is 0.225. The highest BCUT2D eigenvalue weighted by Crippen LogP contribution is 2.37. The number of ether oxygens (including phenoxy) is 1. The van der Waals surface area contributed by atoms with Crippen LogP contribution in [0.1, 0.15) is 45.9 Å². The van der Waals surface area contributed by atoms with Gasteiger partial charge in [-0.25, -0.2) is 4.98 Å². The van der Waals surface area contributed by atoms with Crippen LogP contribution in [-0.4, -0.2) is 70.1 Å². The summed E-state index contributed by atoms with van der Waals surface area (Å²) in [4.78, 5) is 42.6. The number of carbonyl (C=O) groups is 3. The van der Waals surface area contributed by atoms with E-state index in [2.05, 4.69) is 22.1 Å². The zero-order valence-electron chi connectivity index (χ0n) is 17.9. The second kappa shape index (κ2) is 7.69. The Bertz CT molecular complexity index is 1210. The third-order valence-electron chi connectivity index (χ3n) is 5.65. The second-order valence-electron chi connectivity index (χ2n) is 7.90. The average molecular weight is 437 g/mol. The molecule has 3 amide bonds. The van der Waals surface area contributed by atoms with Crippen LogP contribution in [0.2, 0.25) is 0 Å². The van der Waals surface area contributed by atoms with Gasteiger partial charge in [0.2, 0.25) is 5.60 Å². The number of benzene rings is 1. The first-order chi connectivity index (χ1) is 15.2. The average Bonchev–Trinajstić information content (AvgIpc) is 3.26. The fourth-order valence-corrected chi connectivity index (χ4v) is 3.90. The lowest BCUT2D eigenvalue weighted by Crippen LogP contribution is -2.37. The topological polar surface area (TPSA) is 140 Å². The smallest absolute Gasteiger partial charge is 0.270 e. The number of nitrogens with two attached hydrogens (primary N) is 1. The number of nitrogens with zero attached hydrogens (tertiary/aromatic N) is 3. The minimum absolute atomic E-state index is 0.0596. The Morgan fingerprint density at radius 1 is 1.41 bits per heavy atom. The molecule has 10 nitrogen and oxygen atoms in total. The number of aliphatic hydroxyl groups is 1. The number of hydrogen-bond acceptors (Lipinski definition) is 6. The first-order valence-electron chi connectivity index (χ1n) is 10.1. The van der Waals surface area contributed by atoms with E-state index in [1.54, 1.807) is 29.8 Å². The minimum atomic E-state index is -1.73. The second-order valence-corrected chi connectivity index (χ2v) is 7.90.